The van der Waals surface area contributed by atoms with Gasteiger partial charge in [-0.2, -0.15) is 0 Å². The van der Waals surface area contributed by atoms with E-state index in [2.05, 4.69) is 14.6 Å². The van der Waals surface area contributed by atoms with Crippen LogP contribution in [-0.4, -0.2) is 22.4 Å². The Morgan fingerprint density at radius 3 is 2.83 bits per heavy atom. The van der Waals surface area contributed by atoms with Crippen LogP contribution in [0.15, 0.2) is 0 Å². The average molecular weight is 172 g/mol. The third kappa shape index (κ3) is 1.98. The predicted molar refractivity (Wildman–Crippen MR) is 42.4 cm³/mol. The predicted octanol–water partition coefficient (Wildman–Crippen LogP) is 0.606. The highest BCUT2D eigenvalue weighted by molar-refractivity contribution is 6.34. The van der Waals surface area contributed by atoms with E-state index in [1.165, 1.54) is 0 Å². The number of halogens is 1. The molecule has 0 atom stereocenters. The number of hydrogen-bond acceptors (Lipinski definition) is 3. The molecule has 0 aliphatic rings. The van der Waals surface area contributed by atoms with Crippen LogP contribution in [-0.2, 0) is 6.42 Å². The molecule has 0 aromatic carbocycles. The molecule has 0 bridgehead atoms. The van der Waals surface area contributed by atoms with Crippen LogP contribution in [0, 0.1) is 6.92 Å². The van der Waals surface area contributed by atoms with Gasteiger partial charge in [-0.15, -0.1) is 0 Å². The molecule has 1 heterocycles. The number of H-pyrrole nitrogens is 1. The zero-order valence-electron chi connectivity index (χ0n) is 6.97. The van der Waals surface area contributed by atoms with E-state index in [9.17, 15) is 4.32 Å². The van der Waals surface area contributed by atoms with Gasteiger partial charge in [0.2, 0.25) is 0 Å². The van der Waals surface area contributed by atoms with Crippen molar-refractivity contribution < 1.29 is 14.0 Å². The summed E-state index contributed by atoms with van der Waals surface area (Å²) in [5.74, 6) is 0. The van der Waals surface area contributed by atoms with Crippen molar-refractivity contribution in [3.8, 4) is 6.01 Å². The van der Waals surface area contributed by atoms with E-state index < -0.39 is 7.40 Å². The molecule has 66 valence electrons. The minimum Gasteiger partial charge on any atom is -0.481 e. The van der Waals surface area contributed by atoms with Crippen molar-refractivity contribution in [1.82, 2.24) is 9.97 Å². The second-order valence-electron chi connectivity index (χ2n) is 2.38. The normalized spacial score (nSPS) is 10.0. The largest absolute Gasteiger partial charge is 0.753 e. The molecule has 0 unspecified atom stereocenters. The molecule has 0 saturated carbocycles. The monoisotopic (exact) mass is 172 g/mol. The number of nitrogens with zero attached hydrogens (tertiary/aromatic N) is 1. The molecule has 0 fully saturated rings. The number of aromatic amines is 1. The summed E-state index contributed by atoms with van der Waals surface area (Å²) in [5.41, 5.74) is 1.64. The summed E-state index contributed by atoms with van der Waals surface area (Å²) in [4.78, 5) is 6.58. The lowest BCUT2D eigenvalue weighted by Gasteiger charge is -1.95. The SMILES string of the molecule is CCc1nc(OB(O)F)[nH]c1C. The Morgan fingerprint density at radius 1 is 1.75 bits per heavy atom. The van der Waals surface area contributed by atoms with Crippen molar-refractivity contribution >= 4 is 7.40 Å². The van der Waals surface area contributed by atoms with Crippen LogP contribution < -0.4 is 4.65 Å². The standard InChI is InChI=1S/C6H10BFN2O2/c1-3-5-4(2)9-6(10-5)12-7(8)11/h11H,3H2,1-2H3,(H,9,10). The zero-order valence-corrected chi connectivity index (χ0v) is 6.97. The second kappa shape index (κ2) is 3.58. The first-order valence-corrected chi connectivity index (χ1v) is 3.67. The Balaban J connectivity index is 2.75. The Hall–Kier alpha value is -1.04. The Labute approximate surface area is 70.0 Å². The summed E-state index contributed by atoms with van der Waals surface area (Å²) in [5, 5.41) is 8.23. The maximum atomic E-state index is 11.9. The smallest absolute Gasteiger partial charge is 0.481 e. The first kappa shape index (κ1) is 9.06. The molecule has 4 nitrogen and oxygen atoms in total. The first-order chi connectivity index (χ1) is 5.63. The summed E-state index contributed by atoms with van der Waals surface area (Å²) in [7, 11) is -2.32. The van der Waals surface area contributed by atoms with E-state index in [-0.39, 0.29) is 6.01 Å². The highest BCUT2D eigenvalue weighted by atomic mass is 19.1. The summed E-state index contributed by atoms with van der Waals surface area (Å²) in [6.07, 6.45) is 0.744. The van der Waals surface area contributed by atoms with E-state index in [0.717, 1.165) is 17.8 Å². The van der Waals surface area contributed by atoms with Gasteiger partial charge in [0, 0.05) is 5.69 Å². The molecular weight excluding hydrogens is 162 g/mol. The molecule has 12 heavy (non-hydrogen) atoms. The third-order valence-electron chi connectivity index (χ3n) is 1.51. The highest BCUT2D eigenvalue weighted by Crippen LogP contribution is 2.11. The van der Waals surface area contributed by atoms with Crippen molar-refractivity contribution in [2.24, 2.45) is 0 Å². The van der Waals surface area contributed by atoms with Gasteiger partial charge in [0.15, 0.2) is 0 Å². The van der Waals surface area contributed by atoms with Gasteiger partial charge in [0.25, 0.3) is 6.01 Å². The minimum atomic E-state index is -2.32. The summed E-state index contributed by atoms with van der Waals surface area (Å²) in [6.45, 7) is 3.74. The highest BCUT2D eigenvalue weighted by Gasteiger charge is 2.17. The van der Waals surface area contributed by atoms with E-state index in [1.54, 1.807) is 0 Å². The number of aromatic nitrogens is 2. The molecule has 0 amide bonds. The van der Waals surface area contributed by atoms with Crippen LogP contribution in [0.5, 0.6) is 6.01 Å². The van der Waals surface area contributed by atoms with Gasteiger partial charge < -0.3 is 14.7 Å². The molecule has 0 saturated heterocycles. The fourth-order valence-electron chi connectivity index (χ4n) is 0.959. The van der Waals surface area contributed by atoms with Crippen LogP contribution in [0.1, 0.15) is 18.3 Å². The Morgan fingerprint density at radius 2 is 2.42 bits per heavy atom. The maximum absolute atomic E-state index is 11.9. The van der Waals surface area contributed by atoms with Crippen molar-refractivity contribution in [3.63, 3.8) is 0 Å². The molecule has 2 N–H and O–H groups in total. The lowest BCUT2D eigenvalue weighted by atomic mass is 10.3. The van der Waals surface area contributed by atoms with Crippen LogP contribution in [0.4, 0.5) is 4.32 Å². The van der Waals surface area contributed by atoms with Gasteiger partial charge in [-0.1, -0.05) is 6.92 Å². The van der Waals surface area contributed by atoms with E-state index >= 15 is 0 Å². The zero-order chi connectivity index (χ0) is 9.14. The molecule has 0 radical (unpaired) electrons. The molecule has 1 aromatic rings. The summed E-state index contributed by atoms with van der Waals surface area (Å²) in [6, 6.07) is 0.0133. The number of rotatable bonds is 3. The molecule has 1 aromatic heterocycles. The van der Waals surface area contributed by atoms with Crippen LogP contribution >= 0.6 is 0 Å². The third-order valence-corrected chi connectivity index (χ3v) is 1.51. The average Bonchev–Trinajstić information content (AvgIpc) is 2.29. The molecule has 0 aliphatic heterocycles. The molecular formula is C6H10BFN2O2. The lowest BCUT2D eigenvalue weighted by Crippen LogP contribution is -2.15. The fourth-order valence-corrected chi connectivity index (χ4v) is 0.959. The van der Waals surface area contributed by atoms with Crippen LogP contribution in [0.3, 0.4) is 0 Å². The van der Waals surface area contributed by atoms with E-state index in [1.807, 2.05) is 13.8 Å². The molecule has 0 spiro atoms. The molecule has 1 rings (SSSR count). The minimum absolute atomic E-state index is 0.0133. The summed E-state index contributed by atoms with van der Waals surface area (Å²) < 4.78 is 16.2. The van der Waals surface area contributed by atoms with Gasteiger partial charge in [-0.25, -0.2) is 9.30 Å². The van der Waals surface area contributed by atoms with E-state index in [0.29, 0.717) is 0 Å². The quantitative estimate of drug-likeness (QED) is 0.656. The van der Waals surface area contributed by atoms with Crippen molar-refractivity contribution in [3.05, 3.63) is 11.4 Å². The first-order valence-electron chi connectivity index (χ1n) is 3.67. The van der Waals surface area contributed by atoms with Crippen LogP contribution in [0.25, 0.3) is 0 Å². The Kier molecular flexibility index (Phi) is 2.70. The van der Waals surface area contributed by atoms with E-state index in [4.69, 9.17) is 5.02 Å². The second-order valence-corrected chi connectivity index (χ2v) is 2.38. The van der Waals surface area contributed by atoms with Crippen molar-refractivity contribution in [1.29, 1.82) is 0 Å². The van der Waals surface area contributed by atoms with Gasteiger partial charge in [0.05, 0.1) is 5.69 Å². The number of hydrogen-bond donors (Lipinski definition) is 2. The van der Waals surface area contributed by atoms with Gasteiger partial charge in [-0.05, 0) is 13.3 Å². The Bertz CT molecular complexity index is 264. The number of nitrogens with one attached hydrogen (secondary N) is 1. The van der Waals surface area contributed by atoms with Crippen molar-refractivity contribution in [2.45, 2.75) is 20.3 Å². The van der Waals surface area contributed by atoms with Crippen LogP contribution in [0.2, 0.25) is 0 Å². The maximum Gasteiger partial charge on any atom is 0.753 e. The topological polar surface area (TPSA) is 58.1 Å². The molecule has 6 heteroatoms. The van der Waals surface area contributed by atoms with Crippen molar-refractivity contribution in [2.75, 3.05) is 0 Å². The number of imidazole rings is 1. The summed E-state index contributed by atoms with van der Waals surface area (Å²) >= 11 is 0. The number of aryl methyl sites for hydroxylation is 2. The fraction of sp³-hybridized carbons (Fsp3) is 0.500. The lowest BCUT2D eigenvalue weighted by molar-refractivity contribution is 0.336. The van der Waals surface area contributed by atoms with Gasteiger partial charge >= 0.3 is 7.40 Å². The molecule has 0 aliphatic carbocycles. The van der Waals surface area contributed by atoms with Gasteiger partial charge in [-0.3, -0.25) is 0 Å². The van der Waals surface area contributed by atoms with Gasteiger partial charge in [0.1, 0.15) is 0 Å².